The number of nitro benzene ring substituents is 3. The number of carbonyl (C=O) groups is 1. The molecule has 32 heavy (non-hydrogen) atoms. The number of anilines is 3. The fourth-order valence-corrected chi connectivity index (χ4v) is 2.83. The second-order valence-corrected chi connectivity index (χ2v) is 6.73. The SMILES string of the molecule is O=C(Nc1ccc(Cl)cc1)c1ccc(Nc2c([N+](=O)[O-])cc([N+](=O)[O-])cc2[N+](=O)[O-])cc1. The van der Waals surface area contributed by atoms with Crippen molar-refractivity contribution in [3.8, 4) is 0 Å². The molecule has 13 heteroatoms. The summed E-state index contributed by atoms with van der Waals surface area (Å²) in [6.45, 7) is 0. The lowest BCUT2D eigenvalue weighted by Crippen LogP contribution is -2.11. The van der Waals surface area contributed by atoms with Crippen LogP contribution in [-0.2, 0) is 0 Å². The van der Waals surface area contributed by atoms with Gasteiger partial charge < -0.3 is 10.6 Å². The van der Waals surface area contributed by atoms with E-state index in [1.807, 2.05) is 0 Å². The highest BCUT2D eigenvalue weighted by molar-refractivity contribution is 6.30. The lowest BCUT2D eigenvalue weighted by atomic mass is 10.1. The summed E-state index contributed by atoms with van der Waals surface area (Å²) in [4.78, 5) is 43.1. The van der Waals surface area contributed by atoms with Crippen molar-refractivity contribution in [3.05, 3.63) is 102 Å². The third-order valence-corrected chi connectivity index (χ3v) is 4.46. The normalized spacial score (nSPS) is 10.3. The number of nitrogens with zero attached hydrogens (tertiary/aromatic N) is 3. The van der Waals surface area contributed by atoms with E-state index in [0.29, 0.717) is 22.8 Å². The van der Waals surface area contributed by atoms with Gasteiger partial charge in [-0.05, 0) is 48.5 Å². The predicted molar refractivity (Wildman–Crippen MR) is 116 cm³/mol. The van der Waals surface area contributed by atoms with Gasteiger partial charge in [-0.25, -0.2) is 0 Å². The molecule has 12 nitrogen and oxygen atoms in total. The molecule has 0 fully saturated rings. The molecule has 0 aliphatic rings. The Morgan fingerprint density at radius 3 is 1.72 bits per heavy atom. The zero-order valence-electron chi connectivity index (χ0n) is 15.9. The van der Waals surface area contributed by atoms with Crippen LogP contribution in [0.3, 0.4) is 0 Å². The number of hydrogen-bond acceptors (Lipinski definition) is 8. The molecule has 0 atom stereocenters. The van der Waals surface area contributed by atoms with Crippen LogP contribution in [0.5, 0.6) is 0 Å². The Morgan fingerprint density at radius 2 is 1.25 bits per heavy atom. The van der Waals surface area contributed by atoms with Crippen molar-refractivity contribution in [1.29, 1.82) is 0 Å². The standard InChI is InChI=1S/C19H12ClN5O7/c20-12-3-7-14(8-4-12)22-19(26)11-1-5-13(6-2-11)21-18-16(24(29)30)9-15(23(27)28)10-17(18)25(31)32/h1-10,21H,(H,22,26). The van der Waals surface area contributed by atoms with Gasteiger partial charge >= 0.3 is 11.4 Å². The van der Waals surface area contributed by atoms with Crippen molar-refractivity contribution in [3.63, 3.8) is 0 Å². The molecule has 0 saturated carbocycles. The van der Waals surface area contributed by atoms with Gasteiger partial charge in [-0.1, -0.05) is 11.6 Å². The Morgan fingerprint density at radius 1 is 0.750 bits per heavy atom. The quantitative estimate of drug-likeness (QED) is 0.366. The highest BCUT2D eigenvalue weighted by Gasteiger charge is 2.30. The van der Waals surface area contributed by atoms with E-state index in [9.17, 15) is 35.1 Å². The van der Waals surface area contributed by atoms with Crippen LogP contribution in [-0.4, -0.2) is 20.7 Å². The van der Waals surface area contributed by atoms with Crippen molar-refractivity contribution < 1.29 is 19.6 Å². The monoisotopic (exact) mass is 457 g/mol. The number of benzene rings is 3. The summed E-state index contributed by atoms with van der Waals surface area (Å²) in [7, 11) is 0. The first kappa shape index (κ1) is 22.1. The summed E-state index contributed by atoms with van der Waals surface area (Å²) in [5.41, 5.74) is -2.04. The zero-order valence-corrected chi connectivity index (χ0v) is 16.6. The number of hydrogen-bond donors (Lipinski definition) is 2. The van der Waals surface area contributed by atoms with Crippen LogP contribution < -0.4 is 10.6 Å². The summed E-state index contributed by atoms with van der Waals surface area (Å²) in [5, 5.41) is 39.4. The largest absolute Gasteiger partial charge is 0.344 e. The van der Waals surface area contributed by atoms with Gasteiger partial charge in [0.1, 0.15) is 0 Å². The van der Waals surface area contributed by atoms with E-state index in [1.165, 1.54) is 24.3 Å². The van der Waals surface area contributed by atoms with Crippen molar-refractivity contribution in [2.45, 2.75) is 0 Å². The first-order valence-corrected chi connectivity index (χ1v) is 9.08. The number of rotatable bonds is 7. The molecule has 2 N–H and O–H groups in total. The first-order chi connectivity index (χ1) is 15.2. The molecule has 0 aliphatic carbocycles. The average molecular weight is 458 g/mol. The molecular weight excluding hydrogens is 446 g/mol. The Kier molecular flexibility index (Phi) is 6.26. The Balaban J connectivity index is 1.88. The number of nitrogens with one attached hydrogen (secondary N) is 2. The first-order valence-electron chi connectivity index (χ1n) is 8.71. The molecule has 0 spiro atoms. The molecule has 0 heterocycles. The maximum absolute atomic E-state index is 12.3. The van der Waals surface area contributed by atoms with Crippen LogP contribution in [0.25, 0.3) is 0 Å². The molecule has 162 valence electrons. The molecule has 0 bridgehead atoms. The molecule has 0 aromatic heterocycles. The van der Waals surface area contributed by atoms with Crippen LogP contribution >= 0.6 is 11.6 Å². The van der Waals surface area contributed by atoms with Gasteiger partial charge in [0, 0.05) is 22.0 Å². The number of halogens is 1. The molecule has 3 aromatic rings. The average Bonchev–Trinajstić information content (AvgIpc) is 2.75. The van der Waals surface area contributed by atoms with Crippen LogP contribution in [0, 0.1) is 30.3 Å². The molecular formula is C19H12ClN5O7. The summed E-state index contributed by atoms with van der Waals surface area (Å²) >= 11 is 5.80. The van der Waals surface area contributed by atoms with Crippen molar-refractivity contribution in [2.75, 3.05) is 10.6 Å². The number of nitro groups is 3. The maximum atomic E-state index is 12.3. The highest BCUT2D eigenvalue weighted by Crippen LogP contribution is 2.40. The van der Waals surface area contributed by atoms with Crippen LogP contribution in [0.4, 0.5) is 34.1 Å². The van der Waals surface area contributed by atoms with Crippen molar-refractivity contribution >= 4 is 51.6 Å². The Bertz CT molecular complexity index is 1190. The fraction of sp³-hybridized carbons (Fsp3) is 0. The second kappa shape index (κ2) is 9.06. The summed E-state index contributed by atoms with van der Waals surface area (Å²) in [6.07, 6.45) is 0. The minimum atomic E-state index is -0.962. The third-order valence-electron chi connectivity index (χ3n) is 4.20. The van der Waals surface area contributed by atoms with Gasteiger partial charge in [0.2, 0.25) is 0 Å². The van der Waals surface area contributed by atoms with E-state index >= 15 is 0 Å². The van der Waals surface area contributed by atoms with Crippen LogP contribution in [0.15, 0.2) is 60.7 Å². The van der Waals surface area contributed by atoms with E-state index in [1.54, 1.807) is 24.3 Å². The van der Waals surface area contributed by atoms with Gasteiger partial charge in [-0.15, -0.1) is 0 Å². The van der Waals surface area contributed by atoms with Gasteiger partial charge in [0.25, 0.3) is 11.6 Å². The van der Waals surface area contributed by atoms with Gasteiger partial charge in [0.15, 0.2) is 5.69 Å². The van der Waals surface area contributed by atoms with Crippen LogP contribution in [0.2, 0.25) is 5.02 Å². The summed E-state index contributed by atoms with van der Waals surface area (Å²) in [6, 6.07) is 13.3. The number of non-ortho nitro benzene ring substituents is 1. The summed E-state index contributed by atoms with van der Waals surface area (Å²) in [5.74, 6) is -0.439. The molecule has 0 saturated heterocycles. The van der Waals surface area contributed by atoms with Gasteiger partial charge in [-0.3, -0.25) is 35.1 Å². The molecule has 0 aliphatic heterocycles. The van der Waals surface area contributed by atoms with Crippen molar-refractivity contribution in [2.24, 2.45) is 0 Å². The number of carbonyl (C=O) groups excluding carboxylic acids is 1. The number of amides is 1. The topological polar surface area (TPSA) is 171 Å². The minimum Gasteiger partial charge on any atom is -0.344 e. The van der Waals surface area contributed by atoms with E-state index in [0.717, 1.165) is 0 Å². The lowest BCUT2D eigenvalue weighted by Gasteiger charge is -2.09. The molecule has 3 rings (SSSR count). The third kappa shape index (κ3) is 4.94. The lowest BCUT2D eigenvalue weighted by molar-refractivity contribution is -0.401. The Labute approximate surface area is 183 Å². The van der Waals surface area contributed by atoms with E-state index in [2.05, 4.69) is 10.6 Å². The smallest absolute Gasteiger partial charge is 0.306 e. The minimum absolute atomic E-state index is 0.188. The van der Waals surface area contributed by atoms with Gasteiger partial charge in [0.05, 0.1) is 26.9 Å². The van der Waals surface area contributed by atoms with Crippen molar-refractivity contribution in [1.82, 2.24) is 0 Å². The second-order valence-electron chi connectivity index (χ2n) is 6.29. The van der Waals surface area contributed by atoms with E-state index in [-0.39, 0.29) is 11.3 Å². The van der Waals surface area contributed by atoms with Gasteiger partial charge in [-0.2, -0.15) is 0 Å². The molecule has 3 aromatic carbocycles. The fourth-order valence-electron chi connectivity index (χ4n) is 2.70. The van der Waals surface area contributed by atoms with E-state index < -0.39 is 43.4 Å². The highest BCUT2D eigenvalue weighted by atomic mass is 35.5. The molecule has 0 unspecified atom stereocenters. The Hall–Kier alpha value is -4.58. The zero-order chi connectivity index (χ0) is 23.4. The summed E-state index contributed by atoms with van der Waals surface area (Å²) < 4.78 is 0. The molecule has 1 amide bonds. The molecule has 0 radical (unpaired) electrons. The maximum Gasteiger partial charge on any atom is 0.306 e. The predicted octanol–water partition coefficient (Wildman–Crippen LogP) is 5.06. The van der Waals surface area contributed by atoms with E-state index in [4.69, 9.17) is 11.6 Å². The van der Waals surface area contributed by atoms with Crippen LogP contribution in [0.1, 0.15) is 10.4 Å².